The van der Waals surface area contributed by atoms with Crippen LogP contribution in [0.2, 0.25) is 0 Å². The van der Waals surface area contributed by atoms with Gasteiger partial charge in [-0.15, -0.1) is 0 Å². The van der Waals surface area contributed by atoms with Gasteiger partial charge in [0.2, 0.25) is 0 Å². The molecule has 0 radical (unpaired) electrons. The number of alkyl halides is 6. The summed E-state index contributed by atoms with van der Waals surface area (Å²) in [6.07, 6.45) is -8.49. The molecule has 0 bridgehead atoms. The Morgan fingerprint density at radius 1 is 0.867 bits per heavy atom. The monoisotopic (exact) mass is 427 g/mol. The predicted molar refractivity (Wildman–Crippen MR) is 97.6 cm³/mol. The van der Waals surface area contributed by atoms with Crippen molar-refractivity contribution in [3.63, 3.8) is 0 Å². The molecule has 0 saturated carbocycles. The Morgan fingerprint density at radius 3 is 1.90 bits per heavy atom. The molecule has 3 rings (SSSR count). The van der Waals surface area contributed by atoms with Crippen LogP contribution in [0.4, 0.5) is 26.3 Å². The van der Waals surface area contributed by atoms with E-state index >= 15 is 0 Å². The highest BCUT2D eigenvalue weighted by Gasteiger charge is 2.38. The number of ether oxygens (including phenoxy) is 1. The second kappa shape index (κ2) is 7.89. The fraction of sp³-hybridized carbons (Fsp3) is 0.190. The number of carbonyl (C=O) groups is 1. The number of carbonyl (C=O) groups excluding carboxylic acids is 1. The average molecular weight is 427 g/mol. The third-order valence-corrected chi connectivity index (χ3v) is 4.38. The molecule has 3 aromatic rings. The number of hydrogen-bond acceptors (Lipinski definition) is 2. The van der Waals surface area contributed by atoms with E-state index in [1.54, 1.807) is 0 Å². The molecule has 0 unspecified atom stereocenters. The number of nitrogens with one attached hydrogen (secondary N) is 1. The maximum absolute atomic E-state index is 13.6. The molecule has 1 aromatic heterocycles. The van der Waals surface area contributed by atoms with E-state index < -0.39 is 35.0 Å². The van der Waals surface area contributed by atoms with Crippen LogP contribution in [0.25, 0.3) is 22.4 Å². The van der Waals surface area contributed by atoms with Gasteiger partial charge in [0.25, 0.3) is 0 Å². The highest BCUT2D eigenvalue weighted by Crippen LogP contribution is 2.45. The lowest BCUT2D eigenvalue weighted by Crippen LogP contribution is -2.10. The van der Waals surface area contributed by atoms with Gasteiger partial charge < -0.3 is 9.72 Å². The summed E-state index contributed by atoms with van der Waals surface area (Å²) in [5.41, 5.74) is -3.80. The van der Waals surface area contributed by atoms with Crippen molar-refractivity contribution in [3.05, 3.63) is 71.4 Å². The standard InChI is InChI=1S/C21H15F6NO2/c1-2-30-19(29)14-11-28-18(13-8-4-6-10-16(13)21(25,26)27)17(14)12-7-3-5-9-15(12)20(22,23)24/h3-11,28H,2H2,1H3. The van der Waals surface area contributed by atoms with Gasteiger partial charge in [-0.25, -0.2) is 4.79 Å². The van der Waals surface area contributed by atoms with Crippen LogP contribution in [0, 0.1) is 0 Å². The van der Waals surface area contributed by atoms with Crippen LogP contribution in [0.15, 0.2) is 54.7 Å². The quantitative estimate of drug-likeness (QED) is 0.378. The number of hydrogen-bond donors (Lipinski definition) is 1. The fourth-order valence-electron chi connectivity index (χ4n) is 3.18. The van der Waals surface area contributed by atoms with Gasteiger partial charge >= 0.3 is 18.3 Å². The Bertz CT molecular complexity index is 1070. The molecule has 0 atom stereocenters. The molecule has 9 heteroatoms. The molecular formula is C21H15F6NO2. The Morgan fingerprint density at radius 2 is 1.37 bits per heavy atom. The molecular weight excluding hydrogens is 412 g/mol. The SMILES string of the molecule is CCOC(=O)c1c[nH]c(-c2ccccc2C(F)(F)F)c1-c1ccccc1C(F)(F)F. The van der Waals surface area contributed by atoms with Crippen molar-refractivity contribution < 1.29 is 35.9 Å². The van der Waals surface area contributed by atoms with E-state index in [0.717, 1.165) is 36.5 Å². The van der Waals surface area contributed by atoms with Crippen LogP contribution in [0.5, 0.6) is 0 Å². The minimum Gasteiger partial charge on any atom is -0.462 e. The smallest absolute Gasteiger partial charge is 0.417 e. The molecule has 0 spiro atoms. The van der Waals surface area contributed by atoms with Crippen LogP contribution in [-0.4, -0.2) is 17.6 Å². The summed E-state index contributed by atoms with van der Waals surface area (Å²) in [6.45, 7) is 1.45. The van der Waals surface area contributed by atoms with Crippen molar-refractivity contribution in [3.8, 4) is 22.4 Å². The highest BCUT2D eigenvalue weighted by atomic mass is 19.4. The maximum atomic E-state index is 13.6. The number of H-pyrrole nitrogens is 1. The summed E-state index contributed by atoms with van der Waals surface area (Å²) < 4.78 is 86.4. The third kappa shape index (κ3) is 4.05. The summed E-state index contributed by atoms with van der Waals surface area (Å²) in [6, 6.07) is 8.83. The zero-order valence-electron chi connectivity index (χ0n) is 15.5. The van der Waals surface area contributed by atoms with Gasteiger partial charge in [0, 0.05) is 17.3 Å². The highest BCUT2D eigenvalue weighted by molar-refractivity contribution is 6.02. The van der Waals surface area contributed by atoms with Crippen LogP contribution in [-0.2, 0) is 17.1 Å². The van der Waals surface area contributed by atoms with E-state index in [-0.39, 0.29) is 29.0 Å². The normalized spacial score (nSPS) is 12.1. The molecule has 2 aromatic carbocycles. The van der Waals surface area contributed by atoms with E-state index in [0.29, 0.717) is 0 Å². The van der Waals surface area contributed by atoms with E-state index in [4.69, 9.17) is 4.74 Å². The zero-order chi connectivity index (χ0) is 22.1. The van der Waals surface area contributed by atoms with Gasteiger partial charge in [0.05, 0.1) is 29.0 Å². The zero-order valence-corrected chi connectivity index (χ0v) is 15.5. The molecule has 158 valence electrons. The summed E-state index contributed by atoms with van der Waals surface area (Å²) in [4.78, 5) is 14.9. The maximum Gasteiger partial charge on any atom is 0.417 e. The molecule has 30 heavy (non-hydrogen) atoms. The fourth-order valence-corrected chi connectivity index (χ4v) is 3.18. The number of aromatic nitrogens is 1. The number of halogens is 6. The molecule has 0 saturated heterocycles. The van der Waals surface area contributed by atoms with Crippen molar-refractivity contribution >= 4 is 5.97 Å². The van der Waals surface area contributed by atoms with Gasteiger partial charge in [0.15, 0.2) is 0 Å². The third-order valence-electron chi connectivity index (χ3n) is 4.38. The lowest BCUT2D eigenvalue weighted by atomic mass is 9.92. The number of esters is 1. The first-order chi connectivity index (χ1) is 14.1. The predicted octanol–water partition coefficient (Wildman–Crippen LogP) is 6.56. The number of rotatable bonds is 4. The van der Waals surface area contributed by atoms with Gasteiger partial charge in [-0.1, -0.05) is 36.4 Å². The molecule has 0 aliphatic rings. The first-order valence-corrected chi connectivity index (χ1v) is 8.77. The molecule has 0 fully saturated rings. The summed E-state index contributed by atoms with van der Waals surface area (Å²) in [5, 5.41) is 0. The first kappa shape index (κ1) is 21.5. The van der Waals surface area contributed by atoms with Crippen molar-refractivity contribution in [1.29, 1.82) is 0 Å². The van der Waals surface area contributed by atoms with E-state index in [1.165, 1.54) is 25.1 Å². The van der Waals surface area contributed by atoms with Crippen LogP contribution in [0.3, 0.4) is 0 Å². The Hall–Kier alpha value is -3.23. The van der Waals surface area contributed by atoms with Gasteiger partial charge in [0.1, 0.15) is 0 Å². The second-order valence-electron chi connectivity index (χ2n) is 6.26. The van der Waals surface area contributed by atoms with Gasteiger partial charge in [-0.3, -0.25) is 0 Å². The van der Waals surface area contributed by atoms with Crippen molar-refractivity contribution in [1.82, 2.24) is 4.98 Å². The molecule has 0 amide bonds. The summed E-state index contributed by atoms with van der Waals surface area (Å²) in [5.74, 6) is -0.948. The minimum atomic E-state index is -4.79. The van der Waals surface area contributed by atoms with Crippen molar-refractivity contribution in [2.75, 3.05) is 6.61 Å². The lowest BCUT2D eigenvalue weighted by Gasteiger charge is -2.17. The van der Waals surface area contributed by atoms with E-state index in [9.17, 15) is 31.1 Å². The molecule has 0 aliphatic carbocycles. The van der Waals surface area contributed by atoms with Gasteiger partial charge in [-0.05, 0) is 24.6 Å². The number of benzene rings is 2. The molecule has 1 N–H and O–H groups in total. The minimum absolute atomic E-state index is 0.0567. The average Bonchev–Trinajstić information content (AvgIpc) is 3.12. The number of aromatic amines is 1. The van der Waals surface area contributed by atoms with Crippen LogP contribution < -0.4 is 0 Å². The van der Waals surface area contributed by atoms with Gasteiger partial charge in [-0.2, -0.15) is 26.3 Å². The molecule has 0 aliphatic heterocycles. The molecule has 1 heterocycles. The first-order valence-electron chi connectivity index (χ1n) is 8.77. The lowest BCUT2D eigenvalue weighted by molar-refractivity contribution is -0.138. The van der Waals surface area contributed by atoms with Crippen molar-refractivity contribution in [2.45, 2.75) is 19.3 Å². The second-order valence-corrected chi connectivity index (χ2v) is 6.26. The van der Waals surface area contributed by atoms with Crippen LogP contribution >= 0.6 is 0 Å². The van der Waals surface area contributed by atoms with Crippen molar-refractivity contribution in [2.24, 2.45) is 0 Å². The van der Waals surface area contributed by atoms with E-state index in [1.807, 2.05) is 0 Å². The Kier molecular flexibility index (Phi) is 5.65. The topological polar surface area (TPSA) is 42.1 Å². The summed E-state index contributed by atoms with van der Waals surface area (Å²) in [7, 11) is 0. The molecule has 3 nitrogen and oxygen atoms in total. The van der Waals surface area contributed by atoms with E-state index in [2.05, 4.69) is 4.98 Å². The largest absolute Gasteiger partial charge is 0.462 e. The van der Waals surface area contributed by atoms with Crippen LogP contribution in [0.1, 0.15) is 28.4 Å². The summed E-state index contributed by atoms with van der Waals surface area (Å²) >= 11 is 0. The Balaban J connectivity index is 2.37. The Labute approximate surface area is 167 Å².